The van der Waals surface area contributed by atoms with Gasteiger partial charge in [-0.3, -0.25) is 4.57 Å². The molecule has 0 amide bonds. The number of rotatable bonds is 4. The average Bonchev–Trinajstić information content (AvgIpc) is 2.62. The lowest BCUT2D eigenvalue weighted by atomic mass is 10.2. The van der Waals surface area contributed by atoms with Crippen molar-refractivity contribution in [1.82, 2.24) is 14.5 Å². The normalized spacial score (nSPS) is 10.5. The van der Waals surface area contributed by atoms with Crippen molar-refractivity contribution >= 4 is 11.6 Å². The molecule has 0 aliphatic carbocycles. The maximum absolute atomic E-state index is 12.3. The Bertz CT molecular complexity index is 846. The Labute approximate surface area is 133 Å². The Hall–Kier alpha value is -2.99. The second-order valence-corrected chi connectivity index (χ2v) is 4.95. The minimum Gasteiger partial charge on any atom is -0.276 e. The van der Waals surface area contributed by atoms with Crippen LogP contribution in [0.3, 0.4) is 0 Å². The summed E-state index contributed by atoms with van der Waals surface area (Å²) in [6.07, 6.45) is 0. The van der Waals surface area contributed by atoms with Crippen molar-refractivity contribution in [2.24, 2.45) is 5.84 Å². The molecule has 6 nitrogen and oxygen atoms in total. The van der Waals surface area contributed by atoms with E-state index in [0.29, 0.717) is 18.1 Å². The number of hydrogen-bond acceptors (Lipinski definition) is 5. The van der Waals surface area contributed by atoms with Gasteiger partial charge in [-0.15, -0.1) is 0 Å². The maximum atomic E-state index is 12.3. The molecular weight excluding hydrogens is 290 g/mol. The zero-order valence-electron chi connectivity index (χ0n) is 12.8. The van der Waals surface area contributed by atoms with Gasteiger partial charge in [-0.2, -0.15) is 9.97 Å². The van der Waals surface area contributed by atoms with Gasteiger partial charge in [0.2, 0.25) is 0 Å². The van der Waals surface area contributed by atoms with Crippen LogP contribution in [0.2, 0.25) is 0 Å². The fraction of sp³-hybridized carbons (Fsp3) is 0.118. The van der Waals surface area contributed by atoms with Crippen LogP contribution in [0.1, 0.15) is 6.92 Å². The highest BCUT2D eigenvalue weighted by molar-refractivity contribution is 5.60. The highest BCUT2D eigenvalue weighted by atomic mass is 16.1. The summed E-state index contributed by atoms with van der Waals surface area (Å²) < 4.78 is 1.53. The summed E-state index contributed by atoms with van der Waals surface area (Å²) in [6, 6.07) is 18.8. The van der Waals surface area contributed by atoms with Gasteiger partial charge in [0.25, 0.3) is 5.95 Å². The molecule has 23 heavy (non-hydrogen) atoms. The largest absolute Gasteiger partial charge is 0.352 e. The molecule has 6 heteroatoms. The molecule has 0 saturated carbocycles. The number of para-hydroxylation sites is 1. The third kappa shape index (κ3) is 2.97. The summed E-state index contributed by atoms with van der Waals surface area (Å²) in [7, 11) is 0. The first-order valence-corrected chi connectivity index (χ1v) is 7.35. The van der Waals surface area contributed by atoms with Crippen molar-refractivity contribution in [3.8, 4) is 11.4 Å². The van der Waals surface area contributed by atoms with Gasteiger partial charge in [-0.1, -0.05) is 48.5 Å². The first-order chi connectivity index (χ1) is 11.2. The van der Waals surface area contributed by atoms with Crippen molar-refractivity contribution < 1.29 is 0 Å². The standard InChI is InChI=1S/C17H17N5O/c1-2-21-15(13-9-5-3-6-10-13)19-16(20-17(21)23)22(18)14-11-7-4-8-12-14/h3-12H,2,18H2,1H3. The predicted molar refractivity (Wildman–Crippen MR) is 90.2 cm³/mol. The van der Waals surface area contributed by atoms with Gasteiger partial charge in [-0.05, 0) is 19.1 Å². The van der Waals surface area contributed by atoms with E-state index in [-0.39, 0.29) is 11.6 Å². The molecule has 2 N–H and O–H groups in total. The lowest BCUT2D eigenvalue weighted by Crippen LogP contribution is -2.33. The Morgan fingerprint density at radius 1 is 1.00 bits per heavy atom. The predicted octanol–water partition coefficient (Wildman–Crippen LogP) is 2.34. The number of nitrogens with zero attached hydrogens (tertiary/aromatic N) is 4. The molecule has 3 aromatic rings. The van der Waals surface area contributed by atoms with Crippen LogP contribution in [0.5, 0.6) is 0 Å². The molecule has 0 bridgehead atoms. The number of aromatic nitrogens is 3. The number of nitrogens with two attached hydrogens (primary N) is 1. The van der Waals surface area contributed by atoms with Gasteiger partial charge in [0.15, 0.2) is 0 Å². The van der Waals surface area contributed by atoms with Crippen molar-refractivity contribution in [3.05, 3.63) is 71.1 Å². The molecule has 3 rings (SSSR count). The highest BCUT2D eigenvalue weighted by Crippen LogP contribution is 2.20. The number of hydrogen-bond donors (Lipinski definition) is 1. The highest BCUT2D eigenvalue weighted by Gasteiger charge is 2.15. The molecule has 0 aliphatic heterocycles. The quantitative estimate of drug-likeness (QED) is 0.591. The first-order valence-electron chi connectivity index (χ1n) is 7.35. The van der Waals surface area contributed by atoms with Crippen molar-refractivity contribution in [3.63, 3.8) is 0 Å². The zero-order valence-corrected chi connectivity index (χ0v) is 12.8. The molecular formula is C17H17N5O. The maximum Gasteiger partial charge on any atom is 0.352 e. The summed E-state index contributed by atoms with van der Waals surface area (Å²) in [5.74, 6) is 6.81. The molecule has 0 saturated heterocycles. The topological polar surface area (TPSA) is 77.0 Å². The van der Waals surface area contributed by atoms with Crippen LogP contribution < -0.4 is 16.5 Å². The minimum atomic E-state index is -0.372. The SMILES string of the molecule is CCn1c(-c2ccccc2)nc(N(N)c2ccccc2)nc1=O. The summed E-state index contributed by atoms with van der Waals surface area (Å²) in [4.78, 5) is 20.8. The molecule has 0 spiro atoms. The van der Waals surface area contributed by atoms with E-state index in [2.05, 4.69) is 9.97 Å². The first kappa shape index (κ1) is 14.9. The van der Waals surface area contributed by atoms with Gasteiger partial charge < -0.3 is 0 Å². The van der Waals surface area contributed by atoms with Crippen LogP contribution in [-0.4, -0.2) is 14.5 Å². The average molecular weight is 307 g/mol. The molecule has 0 radical (unpaired) electrons. The smallest absolute Gasteiger partial charge is 0.276 e. The van der Waals surface area contributed by atoms with Crippen LogP contribution in [-0.2, 0) is 6.54 Å². The minimum absolute atomic E-state index is 0.171. The van der Waals surface area contributed by atoms with E-state index in [4.69, 9.17) is 5.84 Å². The lowest BCUT2D eigenvalue weighted by Gasteiger charge is -2.18. The second kappa shape index (κ2) is 6.41. The molecule has 2 aromatic carbocycles. The zero-order chi connectivity index (χ0) is 16.2. The number of benzene rings is 2. The molecule has 0 fully saturated rings. The summed E-state index contributed by atoms with van der Waals surface area (Å²) in [5.41, 5.74) is 1.18. The van der Waals surface area contributed by atoms with Gasteiger partial charge in [0, 0.05) is 12.1 Å². The molecule has 1 aromatic heterocycles. The molecule has 0 aliphatic rings. The molecule has 116 valence electrons. The van der Waals surface area contributed by atoms with Crippen LogP contribution >= 0.6 is 0 Å². The summed E-state index contributed by atoms with van der Waals surface area (Å²) in [6.45, 7) is 2.37. The Morgan fingerprint density at radius 3 is 2.22 bits per heavy atom. The number of hydrazine groups is 1. The van der Waals surface area contributed by atoms with Gasteiger partial charge in [0.1, 0.15) is 5.82 Å². The van der Waals surface area contributed by atoms with Crippen LogP contribution in [0.25, 0.3) is 11.4 Å². The van der Waals surface area contributed by atoms with Gasteiger partial charge in [0.05, 0.1) is 5.69 Å². The molecule has 0 unspecified atom stereocenters. The third-order valence-corrected chi connectivity index (χ3v) is 3.49. The van der Waals surface area contributed by atoms with E-state index in [1.54, 1.807) is 0 Å². The van der Waals surface area contributed by atoms with Crippen LogP contribution in [0, 0.1) is 0 Å². The third-order valence-electron chi connectivity index (χ3n) is 3.49. The summed E-state index contributed by atoms with van der Waals surface area (Å²) in [5, 5.41) is 1.31. The fourth-order valence-electron chi connectivity index (χ4n) is 2.32. The van der Waals surface area contributed by atoms with E-state index in [1.165, 1.54) is 9.58 Å². The van der Waals surface area contributed by atoms with E-state index < -0.39 is 0 Å². The van der Waals surface area contributed by atoms with Gasteiger partial charge >= 0.3 is 5.69 Å². The van der Waals surface area contributed by atoms with Crippen molar-refractivity contribution in [2.75, 3.05) is 5.01 Å². The Balaban J connectivity index is 2.14. The van der Waals surface area contributed by atoms with Crippen LogP contribution in [0.4, 0.5) is 11.6 Å². The van der Waals surface area contributed by atoms with E-state index in [9.17, 15) is 4.79 Å². The molecule has 0 atom stereocenters. The number of anilines is 2. The van der Waals surface area contributed by atoms with Crippen molar-refractivity contribution in [2.45, 2.75) is 13.5 Å². The lowest BCUT2D eigenvalue weighted by molar-refractivity contribution is 0.682. The Morgan fingerprint density at radius 2 is 1.61 bits per heavy atom. The Kier molecular flexibility index (Phi) is 4.16. The van der Waals surface area contributed by atoms with Crippen molar-refractivity contribution in [1.29, 1.82) is 0 Å². The van der Waals surface area contributed by atoms with Crippen LogP contribution in [0.15, 0.2) is 65.5 Å². The summed E-state index contributed by atoms with van der Waals surface area (Å²) >= 11 is 0. The van der Waals surface area contributed by atoms with E-state index >= 15 is 0 Å². The van der Waals surface area contributed by atoms with E-state index in [1.807, 2.05) is 67.6 Å². The molecule has 1 heterocycles. The van der Waals surface area contributed by atoms with Gasteiger partial charge in [-0.25, -0.2) is 15.6 Å². The second-order valence-electron chi connectivity index (χ2n) is 4.95. The van der Waals surface area contributed by atoms with E-state index in [0.717, 1.165) is 5.56 Å². The fourth-order valence-corrected chi connectivity index (χ4v) is 2.32. The monoisotopic (exact) mass is 307 g/mol.